The number of benzene rings is 1. The zero-order valence-corrected chi connectivity index (χ0v) is 12.2. The van der Waals surface area contributed by atoms with Crippen LogP contribution in [0.25, 0.3) is 0 Å². The summed E-state index contributed by atoms with van der Waals surface area (Å²) in [4.78, 5) is 11.6. The van der Waals surface area contributed by atoms with Gasteiger partial charge in [-0.2, -0.15) is 0 Å². The van der Waals surface area contributed by atoms with Crippen molar-refractivity contribution in [3.05, 3.63) is 35.4 Å². The molecule has 0 bridgehead atoms. The summed E-state index contributed by atoms with van der Waals surface area (Å²) in [5.41, 5.74) is 0.597. The number of hydrogen-bond acceptors (Lipinski definition) is 3. The molecule has 1 aliphatic rings. The van der Waals surface area contributed by atoms with Crippen LogP contribution in [0.5, 0.6) is 0 Å². The van der Waals surface area contributed by atoms with Gasteiger partial charge in [-0.25, -0.2) is 8.78 Å². The fraction of sp³-hybridized carbons (Fsp3) is 0.562. The quantitative estimate of drug-likeness (QED) is 0.848. The highest BCUT2D eigenvalue weighted by Crippen LogP contribution is 2.25. The van der Waals surface area contributed by atoms with Gasteiger partial charge in [0.1, 0.15) is 11.6 Å². The molecule has 1 N–H and O–H groups in total. The van der Waals surface area contributed by atoms with Crippen LogP contribution in [0.1, 0.15) is 38.2 Å². The molecule has 0 saturated heterocycles. The maximum absolute atomic E-state index is 13.1. The van der Waals surface area contributed by atoms with Crippen molar-refractivity contribution in [2.75, 3.05) is 6.61 Å². The first kappa shape index (κ1) is 15.9. The molecule has 1 saturated carbocycles. The monoisotopic (exact) mass is 297 g/mol. The largest absolute Gasteiger partial charge is 0.466 e. The van der Waals surface area contributed by atoms with Crippen molar-refractivity contribution in [1.82, 2.24) is 5.32 Å². The number of ether oxygens (including phenoxy) is 1. The van der Waals surface area contributed by atoms with Gasteiger partial charge in [0.25, 0.3) is 0 Å². The van der Waals surface area contributed by atoms with E-state index in [-0.39, 0.29) is 17.9 Å². The molecule has 1 aromatic carbocycles. The minimum atomic E-state index is -0.558. The molecular weight excluding hydrogens is 276 g/mol. The Bertz CT molecular complexity index is 465. The lowest BCUT2D eigenvalue weighted by atomic mass is 9.86. The Labute approximate surface area is 123 Å². The topological polar surface area (TPSA) is 38.3 Å². The van der Waals surface area contributed by atoms with Crippen LogP contribution in [0.15, 0.2) is 18.2 Å². The zero-order valence-electron chi connectivity index (χ0n) is 12.2. The van der Waals surface area contributed by atoms with Gasteiger partial charge in [-0.1, -0.05) is 0 Å². The SMILES string of the molecule is CCOC(=O)C1CCC(NCc2cc(F)cc(F)c2)CC1. The van der Waals surface area contributed by atoms with Crippen LogP contribution in [0, 0.1) is 17.6 Å². The first-order valence-corrected chi connectivity index (χ1v) is 7.43. The highest BCUT2D eigenvalue weighted by atomic mass is 19.1. The average Bonchev–Trinajstić information content (AvgIpc) is 2.45. The first-order valence-electron chi connectivity index (χ1n) is 7.43. The number of carbonyl (C=O) groups is 1. The third-order valence-corrected chi connectivity index (χ3v) is 3.86. The van der Waals surface area contributed by atoms with Crippen LogP contribution in [0.2, 0.25) is 0 Å². The third kappa shape index (κ3) is 4.77. The Balaban J connectivity index is 1.77. The van der Waals surface area contributed by atoms with E-state index in [1.54, 1.807) is 0 Å². The summed E-state index contributed by atoms with van der Waals surface area (Å²) in [6, 6.07) is 3.82. The lowest BCUT2D eigenvalue weighted by Crippen LogP contribution is -2.35. The van der Waals surface area contributed by atoms with E-state index in [9.17, 15) is 13.6 Å². The van der Waals surface area contributed by atoms with E-state index in [0.29, 0.717) is 18.7 Å². The van der Waals surface area contributed by atoms with Gasteiger partial charge in [-0.05, 0) is 50.3 Å². The summed E-state index contributed by atoms with van der Waals surface area (Å²) in [5.74, 6) is -1.23. The van der Waals surface area contributed by atoms with Crippen LogP contribution in [-0.4, -0.2) is 18.6 Å². The summed E-state index contributed by atoms with van der Waals surface area (Å²) in [6.07, 6.45) is 3.35. The van der Waals surface area contributed by atoms with Crippen LogP contribution in [0.4, 0.5) is 8.78 Å². The number of esters is 1. The van der Waals surface area contributed by atoms with Gasteiger partial charge in [0.15, 0.2) is 0 Å². The van der Waals surface area contributed by atoms with Crippen LogP contribution < -0.4 is 5.32 Å². The van der Waals surface area contributed by atoms with Crippen LogP contribution >= 0.6 is 0 Å². The summed E-state index contributed by atoms with van der Waals surface area (Å²) >= 11 is 0. The van der Waals surface area contributed by atoms with Crippen molar-refractivity contribution in [1.29, 1.82) is 0 Å². The Morgan fingerprint density at radius 2 is 1.81 bits per heavy atom. The van der Waals surface area contributed by atoms with E-state index < -0.39 is 11.6 Å². The zero-order chi connectivity index (χ0) is 15.2. The van der Waals surface area contributed by atoms with Crippen molar-refractivity contribution in [2.45, 2.75) is 45.2 Å². The average molecular weight is 297 g/mol. The molecule has 3 nitrogen and oxygen atoms in total. The summed E-state index contributed by atoms with van der Waals surface area (Å²) in [6.45, 7) is 2.66. The molecule has 1 fully saturated rings. The molecule has 0 heterocycles. The molecule has 1 aliphatic carbocycles. The molecule has 0 amide bonds. The molecule has 5 heteroatoms. The fourth-order valence-corrected chi connectivity index (χ4v) is 2.77. The smallest absolute Gasteiger partial charge is 0.308 e. The first-order chi connectivity index (χ1) is 10.1. The molecule has 116 valence electrons. The highest BCUT2D eigenvalue weighted by Gasteiger charge is 2.26. The van der Waals surface area contributed by atoms with Crippen molar-refractivity contribution >= 4 is 5.97 Å². The van der Waals surface area contributed by atoms with E-state index in [2.05, 4.69) is 5.32 Å². The molecule has 0 unspecified atom stereocenters. The molecule has 1 aromatic rings. The third-order valence-electron chi connectivity index (χ3n) is 3.86. The second-order valence-corrected chi connectivity index (χ2v) is 5.46. The van der Waals surface area contributed by atoms with Crippen LogP contribution in [0.3, 0.4) is 0 Å². The lowest BCUT2D eigenvalue weighted by Gasteiger charge is -2.28. The fourth-order valence-electron chi connectivity index (χ4n) is 2.77. The summed E-state index contributed by atoms with van der Waals surface area (Å²) in [7, 11) is 0. The molecule has 2 rings (SSSR count). The van der Waals surface area contributed by atoms with Gasteiger partial charge in [-0.15, -0.1) is 0 Å². The Kier molecular flexibility index (Phi) is 5.67. The van der Waals surface area contributed by atoms with Gasteiger partial charge >= 0.3 is 5.97 Å². The van der Waals surface area contributed by atoms with E-state index >= 15 is 0 Å². The Hall–Kier alpha value is -1.49. The maximum Gasteiger partial charge on any atom is 0.308 e. The minimum absolute atomic E-state index is 0.00499. The van der Waals surface area contributed by atoms with Crippen molar-refractivity contribution in [2.24, 2.45) is 5.92 Å². The molecular formula is C16H21F2NO2. The number of nitrogens with one attached hydrogen (secondary N) is 1. The minimum Gasteiger partial charge on any atom is -0.466 e. The van der Waals surface area contributed by atoms with E-state index in [1.165, 1.54) is 12.1 Å². The van der Waals surface area contributed by atoms with E-state index in [4.69, 9.17) is 4.74 Å². The van der Waals surface area contributed by atoms with Gasteiger partial charge in [0, 0.05) is 18.7 Å². The van der Waals surface area contributed by atoms with Crippen LogP contribution in [-0.2, 0) is 16.1 Å². The normalized spacial score (nSPS) is 22.0. The number of hydrogen-bond donors (Lipinski definition) is 1. The van der Waals surface area contributed by atoms with Gasteiger partial charge in [-0.3, -0.25) is 4.79 Å². The standard InChI is InChI=1S/C16H21F2NO2/c1-2-21-16(20)12-3-5-15(6-4-12)19-10-11-7-13(17)9-14(18)8-11/h7-9,12,15,19H,2-6,10H2,1H3. The number of rotatable bonds is 5. The maximum atomic E-state index is 13.1. The molecule has 0 atom stereocenters. The van der Waals surface area contributed by atoms with Crippen molar-refractivity contribution < 1.29 is 18.3 Å². The molecule has 21 heavy (non-hydrogen) atoms. The summed E-state index contributed by atoms with van der Waals surface area (Å²) in [5, 5.41) is 3.30. The predicted molar refractivity (Wildman–Crippen MR) is 75.6 cm³/mol. The molecule has 0 radical (unpaired) electrons. The van der Waals surface area contributed by atoms with E-state index in [1.807, 2.05) is 6.92 Å². The number of halogens is 2. The predicted octanol–water partition coefficient (Wildman–Crippen LogP) is 3.18. The molecule has 0 spiro atoms. The lowest BCUT2D eigenvalue weighted by molar-refractivity contribution is -0.149. The van der Waals surface area contributed by atoms with Gasteiger partial charge in [0.05, 0.1) is 12.5 Å². The second-order valence-electron chi connectivity index (χ2n) is 5.46. The van der Waals surface area contributed by atoms with Crippen molar-refractivity contribution in [3.8, 4) is 0 Å². The van der Waals surface area contributed by atoms with Crippen molar-refractivity contribution in [3.63, 3.8) is 0 Å². The number of carbonyl (C=O) groups excluding carboxylic acids is 1. The van der Waals surface area contributed by atoms with E-state index in [0.717, 1.165) is 31.7 Å². The molecule has 0 aliphatic heterocycles. The Morgan fingerprint density at radius 3 is 2.38 bits per heavy atom. The van der Waals surface area contributed by atoms with Gasteiger partial charge in [0.2, 0.25) is 0 Å². The summed E-state index contributed by atoms with van der Waals surface area (Å²) < 4.78 is 31.2. The second kappa shape index (κ2) is 7.50. The highest BCUT2D eigenvalue weighted by molar-refractivity contribution is 5.72. The molecule has 0 aromatic heterocycles. The Morgan fingerprint density at radius 1 is 1.19 bits per heavy atom. The van der Waals surface area contributed by atoms with Gasteiger partial charge < -0.3 is 10.1 Å².